The molecule has 0 saturated carbocycles. The van der Waals surface area contributed by atoms with Gasteiger partial charge in [0.2, 0.25) is 0 Å². The largest absolute Gasteiger partial charge is 0.465 e. The van der Waals surface area contributed by atoms with Crippen LogP contribution >= 0.6 is 0 Å². The third kappa shape index (κ3) is 2.43. The number of esters is 1. The van der Waals surface area contributed by atoms with Crippen LogP contribution < -0.4 is 0 Å². The lowest BCUT2D eigenvalue weighted by atomic mass is 10.1. The maximum Gasteiger partial charge on any atom is 0.343 e. The first-order valence-electron chi connectivity index (χ1n) is 6.54. The first-order valence-corrected chi connectivity index (χ1v) is 6.54. The average molecular weight is 266 g/mol. The number of ether oxygens (including phenoxy) is 1. The van der Waals surface area contributed by atoms with E-state index in [-0.39, 0.29) is 5.97 Å². The summed E-state index contributed by atoms with van der Waals surface area (Å²) in [4.78, 5) is 11.8. The second-order valence-electron chi connectivity index (χ2n) is 4.56. The number of rotatable bonds is 3. The summed E-state index contributed by atoms with van der Waals surface area (Å²) in [7, 11) is 0. The van der Waals surface area contributed by atoms with Gasteiger partial charge in [-0.05, 0) is 36.3 Å². The Kier molecular flexibility index (Phi) is 3.25. The Hall–Kier alpha value is -2.55. The molecule has 100 valence electrons. The van der Waals surface area contributed by atoms with E-state index in [0.717, 1.165) is 12.0 Å². The first kappa shape index (κ1) is 12.5. The fraction of sp³-hybridized carbons (Fsp3) is 0.118. The van der Waals surface area contributed by atoms with Gasteiger partial charge >= 0.3 is 5.97 Å². The molecule has 2 heterocycles. The minimum atomic E-state index is -0.351. The Morgan fingerprint density at radius 2 is 1.95 bits per heavy atom. The second-order valence-corrected chi connectivity index (χ2v) is 4.56. The van der Waals surface area contributed by atoms with E-state index in [9.17, 15) is 4.79 Å². The highest BCUT2D eigenvalue weighted by Crippen LogP contribution is 2.27. The van der Waals surface area contributed by atoms with Gasteiger partial charge in [0.15, 0.2) is 0 Å². The highest BCUT2D eigenvalue weighted by Gasteiger charge is 2.22. The average Bonchev–Trinajstić information content (AvgIpc) is 3.10. The Bertz CT molecular complexity index is 674. The minimum absolute atomic E-state index is 0.351. The Morgan fingerprint density at radius 3 is 2.60 bits per heavy atom. The van der Waals surface area contributed by atoms with E-state index in [1.807, 2.05) is 24.3 Å². The van der Waals surface area contributed by atoms with Crippen molar-refractivity contribution in [3.63, 3.8) is 0 Å². The summed E-state index contributed by atoms with van der Waals surface area (Å²) >= 11 is 0. The molecular formula is C17H14O3. The van der Waals surface area contributed by atoms with E-state index in [1.165, 1.54) is 5.56 Å². The van der Waals surface area contributed by atoms with Gasteiger partial charge in [-0.15, -0.1) is 0 Å². The summed E-state index contributed by atoms with van der Waals surface area (Å²) in [6, 6.07) is 11.6. The van der Waals surface area contributed by atoms with E-state index in [4.69, 9.17) is 9.15 Å². The zero-order chi connectivity index (χ0) is 13.9. The molecular weight excluding hydrogens is 252 g/mol. The number of hydrogen-bond donors (Lipinski definition) is 0. The highest BCUT2D eigenvalue weighted by atomic mass is 16.5. The van der Waals surface area contributed by atoms with E-state index >= 15 is 0 Å². The number of aryl methyl sites for hydroxylation is 1. The van der Waals surface area contributed by atoms with Crippen molar-refractivity contribution in [1.29, 1.82) is 0 Å². The molecule has 0 atom stereocenters. The maximum absolute atomic E-state index is 11.8. The molecule has 1 aliphatic heterocycles. The van der Waals surface area contributed by atoms with E-state index in [2.05, 4.69) is 6.92 Å². The molecule has 0 spiro atoms. The zero-order valence-electron chi connectivity index (χ0n) is 11.1. The van der Waals surface area contributed by atoms with Gasteiger partial charge in [-0.2, -0.15) is 0 Å². The van der Waals surface area contributed by atoms with Crippen molar-refractivity contribution < 1.29 is 13.9 Å². The van der Waals surface area contributed by atoms with Crippen LogP contribution in [0.25, 0.3) is 11.8 Å². The minimum Gasteiger partial charge on any atom is -0.465 e. The van der Waals surface area contributed by atoms with Crippen LogP contribution in [-0.4, -0.2) is 5.97 Å². The first-order chi connectivity index (χ1) is 9.76. The number of carbonyl (C=O) groups excluding carboxylic acids is 1. The number of hydrogen-bond acceptors (Lipinski definition) is 3. The van der Waals surface area contributed by atoms with E-state index < -0.39 is 0 Å². The fourth-order valence-corrected chi connectivity index (χ4v) is 2.06. The van der Waals surface area contributed by atoms with Crippen molar-refractivity contribution in [3.05, 3.63) is 71.2 Å². The van der Waals surface area contributed by atoms with Gasteiger partial charge < -0.3 is 9.15 Å². The van der Waals surface area contributed by atoms with Gasteiger partial charge in [0.1, 0.15) is 11.5 Å². The normalized spacial score (nSPS) is 16.4. The standard InChI is InChI=1S/C17H14O3/c1-2-12-5-7-13(8-6-12)16-11-14(17(18)20-16)10-15-4-3-9-19-15/h3-11H,2H2,1H3. The number of carbonyl (C=O) groups is 1. The quantitative estimate of drug-likeness (QED) is 0.626. The Balaban J connectivity index is 1.89. The lowest BCUT2D eigenvalue weighted by molar-refractivity contribution is -0.130. The molecule has 0 saturated heterocycles. The summed E-state index contributed by atoms with van der Waals surface area (Å²) in [5, 5.41) is 0. The van der Waals surface area contributed by atoms with Gasteiger partial charge in [-0.1, -0.05) is 31.2 Å². The molecule has 3 nitrogen and oxygen atoms in total. The van der Waals surface area contributed by atoms with Gasteiger partial charge in [0.05, 0.1) is 11.8 Å². The van der Waals surface area contributed by atoms with Crippen LogP contribution in [-0.2, 0) is 16.0 Å². The maximum atomic E-state index is 11.8. The van der Waals surface area contributed by atoms with Gasteiger partial charge in [-0.3, -0.25) is 0 Å². The number of benzene rings is 1. The van der Waals surface area contributed by atoms with Gasteiger partial charge in [0, 0.05) is 5.56 Å². The van der Waals surface area contributed by atoms with Crippen LogP contribution in [0.15, 0.2) is 58.7 Å². The Labute approximate surface area is 117 Å². The molecule has 1 aromatic heterocycles. The highest BCUT2D eigenvalue weighted by molar-refractivity contribution is 6.04. The Morgan fingerprint density at radius 1 is 1.15 bits per heavy atom. The molecule has 0 N–H and O–H groups in total. The van der Waals surface area contributed by atoms with Crippen molar-refractivity contribution in [2.24, 2.45) is 0 Å². The van der Waals surface area contributed by atoms with Crippen LogP contribution in [0.5, 0.6) is 0 Å². The molecule has 0 unspecified atom stereocenters. The summed E-state index contributed by atoms with van der Waals surface area (Å²) < 4.78 is 10.5. The molecule has 0 bridgehead atoms. The molecule has 1 aliphatic rings. The van der Waals surface area contributed by atoms with E-state index in [1.54, 1.807) is 30.5 Å². The van der Waals surface area contributed by atoms with Crippen molar-refractivity contribution in [2.75, 3.05) is 0 Å². The monoisotopic (exact) mass is 266 g/mol. The second kappa shape index (κ2) is 5.21. The van der Waals surface area contributed by atoms with Gasteiger partial charge in [0.25, 0.3) is 0 Å². The fourth-order valence-electron chi connectivity index (χ4n) is 2.06. The van der Waals surface area contributed by atoms with Crippen LogP contribution in [0.4, 0.5) is 0 Å². The molecule has 3 rings (SSSR count). The smallest absolute Gasteiger partial charge is 0.343 e. The molecule has 20 heavy (non-hydrogen) atoms. The van der Waals surface area contributed by atoms with Gasteiger partial charge in [-0.25, -0.2) is 4.79 Å². The molecule has 0 radical (unpaired) electrons. The van der Waals surface area contributed by atoms with Crippen LogP contribution in [0.3, 0.4) is 0 Å². The summed E-state index contributed by atoms with van der Waals surface area (Å²) in [6.45, 7) is 2.11. The van der Waals surface area contributed by atoms with E-state index in [0.29, 0.717) is 17.1 Å². The van der Waals surface area contributed by atoms with Crippen LogP contribution in [0, 0.1) is 0 Å². The molecule has 0 fully saturated rings. The topological polar surface area (TPSA) is 39.4 Å². The predicted octanol–water partition coefficient (Wildman–Crippen LogP) is 3.82. The summed E-state index contributed by atoms with van der Waals surface area (Å²) in [6.07, 6.45) is 5.98. The molecule has 3 heteroatoms. The summed E-state index contributed by atoms with van der Waals surface area (Å²) in [5.41, 5.74) is 2.65. The van der Waals surface area contributed by atoms with Crippen LogP contribution in [0.2, 0.25) is 0 Å². The lowest BCUT2D eigenvalue weighted by Crippen LogP contribution is -1.97. The van der Waals surface area contributed by atoms with Crippen molar-refractivity contribution in [2.45, 2.75) is 13.3 Å². The third-order valence-electron chi connectivity index (χ3n) is 3.21. The summed E-state index contributed by atoms with van der Waals surface area (Å²) in [5.74, 6) is 0.863. The van der Waals surface area contributed by atoms with Crippen molar-refractivity contribution >= 4 is 17.8 Å². The van der Waals surface area contributed by atoms with Crippen LogP contribution in [0.1, 0.15) is 23.8 Å². The van der Waals surface area contributed by atoms with Crippen molar-refractivity contribution in [3.8, 4) is 0 Å². The SMILES string of the molecule is CCc1ccc(C2=CC(=Cc3ccco3)C(=O)O2)cc1. The van der Waals surface area contributed by atoms with Crippen molar-refractivity contribution in [1.82, 2.24) is 0 Å². The molecule has 0 aliphatic carbocycles. The number of cyclic esters (lactones) is 1. The lowest BCUT2D eigenvalue weighted by Gasteiger charge is -2.02. The third-order valence-corrected chi connectivity index (χ3v) is 3.21. The number of furan rings is 1. The molecule has 2 aromatic rings. The predicted molar refractivity (Wildman–Crippen MR) is 76.6 cm³/mol. The molecule has 0 amide bonds. The zero-order valence-corrected chi connectivity index (χ0v) is 11.1. The molecule has 1 aromatic carbocycles.